The van der Waals surface area contributed by atoms with Gasteiger partial charge in [-0.05, 0) is 30.2 Å². The first-order valence-electron chi connectivity index (χ1n) is 8.99. The number of rotatable bonds is 5. The van der Waals surface area contributed by atoms with E-state index in [9.17, 15) is 0 Å². The van der Waals surface area contributed by atoms with Crippen molar-refractivity contribution >= 4 is 29.8 Å². The molecule has 3 aromatic carbocycles. The lowest BCUT2D eigenvalue weighted by atomic mass is 9.82. The first kappa shape index (κ1) is 20.2. The maximum Gasteiger partial charge on any atom is 0.145 e. The van der Waals surface area contributed by atoms with Gasteiger partial charge in [0.05, 0.1) is 10.6 Å². The molecule has 0 fully saturated rings. The summed E-state index contributed by atoms with van der Waals surface area (Å²) in [6.45, 7) is 2.53. The van der Waals surface area contributed by atoms with Crippen LogP contribution in [0.2, 0.25) is 5.02 Å². The van der Waals surface area contributed by atoms with Crippen LogP contribution in [0.1, 0.15) is 24.1 Å². The van der Waals surface area contributed by atoms with Crippen LogP contribution in [-0.2, 0) is 5.54 Å². The third-order valence-electron chi connectivity index (χ3n) is 4.93. The number of nitrogens with one attached hydrogen (secondary N) is 1. The van der Waals surface area contributed by atoms with Crippen molar-refractivity contribution in [2.75, 3.05) is 6.61 Å². The number of ether oxygens (including phenoxy) is 1. The molecule has 3 nitrogen and oxygen atoms in total. The average molecular weight is 413 g/mol. The Morgan fingerprint density at radius 3 is 2.21 bits per heavy atom. The van der Waals surface area contributed by atoms with Gasteiger partial charge in [0, 0.05) is 0 Å². The second kappa shape index (κ2) is 8.68. The van der Waals surface area contributed by atoms with E-state index in [0.717, 1.165) is 5.84 Å². The Balaban J connectivity index is 0.00000225. The van der Waals surface area contributed by atoms with Crippen molar-refractivity contribution in [2.24, 2.45) is 4.99 Å². The van der Waals surface area contributed by atoms with Gasteiger partial charge in [-0.3, -0.25) is 4.99 Å². The molecular weight excluding hydrogens is 391 g/mol. The Hall–Kier alpha value is -2.49. The van der Waals surface area contributed by atoms with Crippen LogP contribution in [0.25, 0.3) is 0 Å². The Morgan fingerprint density at radius 2 is 1.54 bits per heavy atom. The molecule has 1 aliphatic rings. The second-order valence-corrected chi connectivity index (χ2v) is 7.21. The Bertz CT molecular complexity index is 947. The number of aliphatic imine (C=N–C) groups is 1. The minimum absolute atomic E-state index is 0. The number of amidine groups is 1. The lowest BCUT2D eigenvalue weighted by molar-refractivity contribution is 0.359. The maximum atomic E-state index is 6.20. The van der Waals surface area contributed by atoms with Gasteiger partial charge in [0.1, 0.15) is 24.2 Å². The first-order valence-corrected chi connectivity index (χ1v) is 9.37. The highest BCUT2D eigenvalue weighted by atomic mass is 35.5. The zero-order chi connectivity index (χ0) is 18.7. The van der Waals surface area contributed by atoms with Crippen molar-refractivity contribution in [1.82, 2.24) is 5.32 Å². The van der Waals surface area contributed by atoms with Gasteiger partial charge in [0.25, 0.3) is 0 Å². The normalized spacial score (nSPS) is 20.6. The molecule has 0 amide bonds. The predicted octanol–water partition coefficient (Wildman–Crippen LogP) is 5.80. The fraction of sp³-hybridized carbons (Fsp3) is 0.174. The van der Waals surface area contributed by atoms with Crippen LogP contribution in [0.4, 0.5) is 0 Å². The van der Waals surface area contributed by atoms with Crippen LogP contribution < -0.4 is 10.1 Å². The smallest absolute Gasteiger partial charge is 0.145 e. The van der Waals surface area contributed by atoms with E-state index >= 15 is 0 Å². The quantitative estimate of drug-likeness (QED) is 0.574. The molecule has 5 heteroatoms. The van der Waals surface area contributed by atoms with Gasteiger partial charge in [-0.15, -0.1) is 12.4 Å². The molecule has 3 aromatic rings. The third-order valence-corrected chi connectivity index (χ3v) is 5.24. The highest BCUT2D eigenvalue weighted by Crippen LogP contribution is 2.41. The second-order valence-electron chi connectivity index (χ2n) is 6.80. The molecule has 0 spiro atoms. The van der Waals surface area contributed by atoms with E-state index < -0.39 is 0 Å². The number of nitrogens with zero attached hydrogens (tertiary/aromatic N) is 1. The highest BCUT2D eigenvalue weighted by molar-refractivity contribution is 6.32. The van der Waals surface area contributed by atoms with Crippen molar-refractivity contribution in [2.45, 2.75) is 18.5 Å². The SMILES string of the molecule is C[C@@]1(c2ccccc2)NC(COc2ccccc2Cl)=N[C@@H]1c1ccccc1.Cl. The number of hydrogen-bond donors (Lipinski definition) is 1. The van der Waals surface area contributed by atoms with E-state index in [1.54, 1.807) is 0 Å². The van der Waals surface area contributed by atoms with Crippen LogP contribution in [0.3, 0.4) is 0 Å². The summed E-state index contributed by atoms with van der Waals surface area (Å²) < 4.78 is 5.91. The molecule has 0 saturated heterocycles. The monoisotopic (exact) mass is 412 g/mol. The summed E-state index contributed by atoms with van der Waals surface area (Å²) in [7, 11) is 0. The van der Waals surface area contributed by atoms with E-state index in [0.29, 0.717) is 17.4 Å². The predicted molar refractivity (Wildman–Crippen MR) is 118 cm³/mol. The number of benzene rings is 3. The van der Waals surface area contributed by atoms with Gasteiger partial charge in [0.15, 0.2) is 0 Å². The van der Waals surface area contributed by atoms with Crippen LogP contribution in [0.5, 0.6) is 5.75 Å². The minimum Gasteiger partial charge on any atom is -0.484 e. The van der Waals surface area contributed by atoms with Crippen molar-refractivity contribution in [1.29, 1.82) is 0 Å². The molecule has 0 radical (unpaired) electrons. The Morgan fingerprint density at radius 1 is 0.929 bits per heavy atom. The van der Waals surface area contributed by atoms with Crippen LogP contribution in [0, 0.1) is 0 Å². The number of para-hydroxylation sites is 1. The molecule has 0 saturated carbocycles. The van der Waals surface area contributed by atoms with E-state index in [-0.39, 0.29) is 24.0 Å². The highest BCUT2D eigenvalue weighted by Gasteiger charge is 2.42. The summed E-state index contributed by atoms with van der Waals surface area (Å²) in [6.07, 6.45) is 0. The van der Waals surface area contributed by atoms with Crippen LogP contribution in [-0.4, -0.2) is 12.4 Å². The largest absolute Gasteiger partial charge is 0.484 e. The molecule has 1 heterocycles. The van der Waals surface area contributed by atoms with Gasteiger partial charge >= 0.3 is 0 Å². The Labute approximate surface area is 176 Å². The summed E-state index contributed by atoms with van der Waals surface area (Å²) in [5.41, 5.74) is 2.02. The fourth-order valence-electron chi connectivity index (χ4n) is 3.52. The summed E-state index contributed by atoms with van der Waals surface area (Å²) >= 11 is 6.20. The molecule has 0 bridgehead atoms. The molecule has 1 N–H and O–H groups in total. The molecule has 0 unspecified atom stereocenters. The zero-order valence-corrected chi connectivity index (χ0v) is 17.1. The lowest BCUT2D eigenvalue weighted by Crippen LogP contribution is -2.43. The van der Waals surface area contributed by atoms with Crippen LogP contribution >= 0.6 is 24.0 Å². The van der Waals surface area contributed by atoms with Gasteiger partial charge < -0.3 is 10.1 Å². The van der Waals surface area contributed by atoms with Gasteiger partial charge in [-0.2, -0.15) is 0 Å². The zero-order valence-electron chi connectivity index (χ0n) is 15.5. The van der Waals surface area contributed by atoms with E-state index in [1.807, 2.05) is 36.4 Å². The standard InChI is InChI=1S/C23H21ClN2O.ClH/c1-23(18-12-6-3-7-13-18)22(17-10-4-2-5-11-17)25-21(26-23)16-27-20-15-9-8-14-19(20)24;/h2-15,22H,16H2,1H3,(H,25,26);1H/t22-,23+;/m1./s1. The average Bonchev–Trinajstić information content (AvgIpc) is 3.06. The van der Waals surface area contributed by atoms with Crippen molar-refractivity contribution in [3.8, 4) is 5.75 Å². The molecule has 4 rings (SSSR count). The number of hydrogen-bond acceptors (Lipinski definition) is 3. The lowest BCUT2D eigenvalue weighted by Gasteiger charge is -2.32. The van der Waals surface area contributed by atoms with E-state index in [1.165, 1.54) is 11.1 Å². The van der Waals surface area contributed by atoms with Gasteiger partial charge in [-0.1, -0.05) is 84.4 Å². The minimum atomic E-state index is -0.345. The first-order chi connectivity index (χ1) is 13.2. The summed E-state index contributed by atoms with van der Waals surface area (Å²) in [5, 5.41) is 4.20. The van der Waals surface area contributed by atoms with E-state index in [4.69, 9.17) is 21.3 Å². The molecule has 0 aliphatic carbocycles. The van der Waals surface area contributed by atoms with Gasteiger partial charge in [-0.25, -0.2) is 0 Å². The number of halogens is 2. The summed E-state index contributed by atoms with van der Waals surface area (Å²) in [4.78, 5) is 4.97. The third kappa shape index (κ3) is 4.01. The van der Waals surface area contributed by atoms with Crippen molar-refractivity contribution in [3.05, 3.63) is 101 Å². The fourth-order valence-corrected chi connectivity index (χ4v) is 3.71. The summed E-state index contributed by atoms with van der Waals surface area (Å²) in [5.74, 6) is 1.48. The molecule has 0 aromatic heterocycles. The van der Waals surface area contributed by atoms with Gasteiger partial charge in [0.2, 0.25) is 0 Å². The molecule has 28 heavy (non-hydrogen) atoms. The molecule has 144 valence electrons. The topological polar surface area (TPSA) is 33.6 Å². The van der Waals surface area contributed by atoms with Crippen molar-refractivity contribution in [3.63, 3.8) is 0 Å². The molecular formula is C23H22Cl2N2O. The van der Waals surface area contributed by atoms with Crippen LogP contribution in [0.15, 0.2) is 89.9 Å². The summed E-state index contributed by atoms with van der Waals surface area (Å²) in [6, 6.07) is 28.2. The maximum absolute atomic E-state index is 6.20. The van der Waals surface area contributed by atoms with E-state index in [2.05, 4.69) is 60.8 Å². The molecule has 1 aliphatic heterocycles. The Kier molecular flexibility index (Phi) is 6.28. The molecule has 2 atom stereocenters. The van der Waals surface area contributed by atoms with Crippen molar-refractivity contribution < 1.29 is 4.74 Å².